The van der Waals surface area contributed by atoms with Crippen LogP contribution in [0.4, 0.5) is 0 Å². The van der Waals surface area contributed by atoms with Crippen LogP contribution in [0.3, 0.4) is 0 Å². The summed E-state index contributed by atoms with van der Waals surface area (Å²) in [5, 5.41) is 3.14. The summed E-state index contributed by atoms with van der Waals surface area (Å²) in [5.41, 5.74) is 8.29. The largest absolute Gasteiger partial charge is 0.491 e. The lowest BCUT2D eigenvalue weighted by atomic mass is 10.1. The fraction of sp³-hybridized carbons (Fsp3) is 0.316. The zero-order valence-corrected chi connectivity index (χ0v) is 16.6. The maximum atomic E-state index is 5.90. The Morgan fingerprint density at radius 1 is 1.04 bits per heavy atom. The number of guanidine groups is 1. The van der Waals surface area contributed by atoms with E-state index in [1.54, 1.807) is 0 Å². The molecule has 0 aliphatic rings. The first-order chi connectivity index (χ1) is 11.1. The topological polar surface area (TPSA) is 59.6 Å². The predicted molar refractivity (Wildman–Crippen MR) is 111 cm³/mol. The van der Waals surface area contributed by atoms with Crippen molar-refractivity contribution < 1.29 is 4.74 Å². The second-order valence-corrected chi connectivity index (χ2v) is 5.67. The standard InChI is InChI=1S/C19H25N3O.HI/c1-15(2)23-18-10-8-17(9-11-18)14-22-19(20)21-13-12-16-6-4-3-5-7-16;/h3-11,15H,12-14H2,1-2H3,(H3,20,21,22);1H. The molecule has 0 radical (unpaired) electrons. The molecule has 2 rings (SSSR count). The number of benzene rings is 2. The molecule has 0 saturated carbocycles. The highest BCUT2D eigenvalue weighted by molar-refractivity contribution is 14.0. The van der Waals surface area contributed by atoms with Crippen LogP contribution >= 0.6 is 24.0 Å². The van der Waals surface area contributed by atoms with E-state index >= 15 is 0 Å². The average molecular weight is 439 g/mol. The van der Waals surface area contributed by atoms with Crippen molar-refractivity contribution >= 4 is 29.9 Å². The Labute approximate surface area is 161 Å². The highest BCUT2D eigenvalue weighted by atomic mass is 127. The Bertz CT molecular complexity index is 612. The SMILES string of the molecule is CC(C)Oc1ccc(CN=C(N)NCCc2ccccc2)cc1.I. The molecule has 0 fully saturated rings. The minimum Gasteiger partial charge on any atom is -0.491 e. The highest BCUT2D eigenvalue weighted by Crippen LogP contribution is 2.14. The number of rotatable bonds is 7. The van der Waals surface area contributed by atoms with Gasteiger partial charge in [0.05, 0.1) is 12.6 Å². The summed E-state index contributed by atoms with van der Waals surface area (Å²) in [5.74, 6) is 1.35. The van der Waals surface area contributed by atoms with Crippen molar-refractivity contribution in [2.24, 2.45) is 10.7 Å². The Hall–Kier alpha value is -1.76. The van der Waals surface area contributed by atoms with Crippen LogP contribution < -0.4 is 15.8 Å². The monoisotopic (exact) mass is 439 g/mol. The number of nitrogens with one attached hydrogen (secondary N) is 1. The summed E-state index contributed by atoms with van der Waals surface area (Å²) < 4.78 is 5.62. The summed E-state index contributed by atoms with van der Waals surface area (Å²) in [4.78, 5) is 4.36. The normalized spacial score (nSPS) is 11.0. The second-order valence-electron chi connectivity index (χ2n) is 5.67. The van der Waals surface area contributed by atoms with Crippen molar-refractivity contribution in [3.63, 3.8) is 0 Å². The van der Waals surface area contributed by atoms with Gasteiger partial charge in [0.2, 0.25) is 0 Å². The third-order valence-corrected chi connectivity index (χ3v) is 3.29. The smallest absolute Gasteiger partial charge is 0.188 e. The lowest BCUT2D eigenvalue weighted by Gasteiger charge is -2.09. The number of halogens is 1. The lowest BCUT2D eigenvalue weighted by Crippen LogP contribution is -2.33. The highest BCUT2D eigenvalue weighted by Gasteiger charge is 1.98. The summed E-state index contributed by atoms with van der Waals surface area (Å²) in [6, 6.07) is 18.3. The van der Waals surface area contributed by atoms with Gasteiger partial charge in [0.15, 0.2) is 5.96 Å². The van der Waals surface area contributed by atoms with Crippen molar-refractivity contribution in [2.45, 2.75) is 32.9 Å². The van der Waals surface area contributed by atoms with Crippen LogP contribution in [0.15, 0.2) is 59.6 Å². The van der Waals surface area contributed by atoms with Gasteiger partial charge in [-0.1, -0.05) is 42.5 Å². The van der Waals surface area contributed by atoms with Crippen LogP contribution in [-0.4, -0.2) is 18.6 Å². The third kappa shape index (κ3) is 7.68. The first-order valence-corrected chi connectivity index (χ1v) is 7.97. The van der Waals surface area contributed by atoms with Crippen LogP contribution in [0.5, 0.6) is 5.75 Å². The molecular weight excluding hydrogens is 413 g/mol. The van der Waals surface area contributed by atoms with E-state index in [9.17, 15) is 0 Å². The van der Waals surface area contributed by atoms with Crippen molar-refractivity contribution in [2.75, 3.05) is 6.54 Å². The van der Waals surface area contributed by atoms with Crippen LogP contribution in [0, 0.1) is 0 Å². The molecule has 0 unspecified atom stereocenters. The zero-order chi connectivity index (χ0) is 16.5. The zero-order valence-electron chi connectivity index (χ0n) is 14.2. The van der Waals surface area contributed by atoms with Crippen LogP contribution in [0.2, 0.25) is 0 Å². The van der Waals surface area contributed by atoms with Gasteiger partial charge >= 0.3 is 0 Å². The number of hydrogen-bond donors (Lipinski definition) is 2. The Kier molecular flexibility index (Phi) is 9.22. The molecule has 0 spiro atoms. The molecule has 4 nitrogen and oxygen atoms in total. The van der Waals surface area contributed by atoms with Gasteiger partial charge in [-0.05, 0) is 43.5 Å². The minimum absolute atomic E-state index is 0. The van der Waals surface area contributed by atoms with Gasteiger partial charge in [0.25, 0.3) is 0 Å². The van der Waals surface area contributed by atoms with Gasteiger partial charge in [0, 0.05) is 6.54 Å². The molecule has 0 aliphatic heterocycles. The van der Waals surface area contributed by atoms with Crippen molar-refractivity contribution in [1.29, 1.82) is 0 Å². The molecule has 2 aromatic rings. The fourth-order valence-electron chi connectivity index (χ4n) is 2.16. The van der Waals surface area contributed by atoms with E-state index in [1.807, 2.05) is 56.3 Å². The van der Waals surface area contributed by atoms with Crippen molar-refractivity contribution in [3.05, 3.63) is 65.7 Å². The maximum Gasteiger partial charge on any atom is 0.188 e. The van der Waals surface area contributed by atoms with Gasteiger partial charge in [-0.3, -0.25) is 0 Å². The summed E-state index contributed by atoms with van der Waals surface area (Å²) >= 11 is 0. The molecular formula is C19H26IN3O. The number of ether oxygens (including phenoxy) is 1. The fourth-order valence-corrected chi connectivity index (χ4v) is 2.16. The molecule has 0 amide bonds. The molecule has 0 bridgehead atoms. The quantitative estimate of drug-likeness (QED) is 0.393. The molecule has 2 aromatic carbocycles. The number of nitrogens with two attached hydrogens (primary N) is 1. The van der Waals surface area contributed by atoms with E-state index in [-0.39, 0.29) is 30.1 Å². The van der Waals surface area contributed by atoms with Crippen LogP contribution in [0.25, 0.3) is 0 Å². The van der Waals surface area contributed by atoms with Gasteiger partial charge < -0.3 is 15.8 Å². The van der Waals surface area contributed by atoms with E-state index in [0.717, 1.165) is 24.3 Å². The molecule has 5 heteroatoms. The molecule has 0 heterocycles. The van der Waals surface area contributed by atoms with Crippen LogP contribution in [-0.2, 0) is 13.0 Å². The van der Waals surface area contributed by atoms with Crippen LogP contribution in [0.1, 0.15) is 25.0 Å². The number of aliphatic imine (C=N–C) groups is 1. The molecule has 3 N–H and O–H groups in total. The Balaban J connectivity index is 0.00000288. The molecule has 24 heavy (non-hydrogen) atoms. The Morgan fingerprint density at radius 3 is 2.33 bits per heavy atom. The van der Waals surface area contributed by atoms with Gasteiger partial charge in [-0.25, -0.2) is 4.99 Å². The van der Waals surface area contributed by atoms with E-state index < -0.39 is 0 Å². The summed E-state index contributed by atoms with van der Waals surface area (Å²) in [6.07, 6.45) is 1.11. The Morgan fingerprint density at radius 2 is 1.71 bits per heavy atom. The third-order valence-electron chi connectivity index (χ3n) is 3.29. The first-order valence-electron chi connectivity index (χ1n) is 7.97. The first kappa shape index (κ1) is 20.3. The molecule has 130 valence electrons. The summed E-state index contributed by atoms with van der Waals surface area (Å²) in [6.45, 7) is 5.37. The van der Waals surface area contributed by atoms with E-state index in [2.05, 4.69) is 22.4 Å². The molecule has 0 aliphatic carbocycles. The predicted octanol–water partition coefficient (Wildman–Crippen LogP) is 3.74. The second kappa shape index (κ2) is 10.9. The average Bonchev–Trinajstić information content (AvgIpc) is 2.55. The van der Waals surface area contributed by atoms with Gasteiger partial charge in [-0.15, -0.1) is 24.0 Å². The van der Waals surface area contributed by atoms with E-state index in [0.29, 0.717) is 12.5 Å². The molecule has 0 aromatic heterocycles. The van der Waals surface area contributed by atoms with Gasteiger partial charge in [-0.2, -0.15) is 0 Å². The van der Waals surface area contributed by atoms with Gasteiger partial charge in [0.1, 0.15) is 5.75 Å². The van der Waals surface area contributed by atoms with Crippen molar-refractivity contribution in [3.8, 4) is 5.75 Å². The van der Waals surface area contributed by atoms with E-state index in [1.165, 1.54) is 5.56 Å². The maximum absolute atomic E-state index is 5.90. The summed E-state index contributed by atoms with van der Waals surface area (Å²) in [7, 11) is 0. The van der Waals surface area contributed by atoms with E-state index in [4.69, 9.17) is 10.5 Å². The lowest BCUT2D eigenvalue weighted by molar-refractivity contribution is 0.242. The minimum atomic E-state index is 0. The molecule has 0 saturated heterocycles. The number of hydrogen-bond acceptors (Lipinski definition) is 2. The molecule has 0 atom stereocenters. The number of nitrogens with zero attached hydrogens (tertiary/aromatic N) is 1. The van der Waals surface area contributed by atoms with Crippen molar-refractivity contribution in [1.82, 2.24) is 5.32 Å².